The van der Waals surface area contributed by atoms with Crippen molar-refractivity contribution in [3.8, 4) is 5.88 Å². The molecule has 0 radical (unpaired) electrons. The quantitative estimate of drug-likeness (QED) is 0.746. The number of hydrogen-bond donors (Lipinski definition) is 3. The van der Waals surface area contributed by atoms with Crippen LogP contribution in [-0.4, -0.2) is 28.3 Å². The van der Waals surface area contributed by atoms with Crippen molar-refractivity contribution in [3.05, 3.63) is 42.3 Å². The first kappa shape index (κ1) is 20.6. The van der Waals surface area contributed by atoms with Crippen molar-refractivity contribution in [1.29, 1.82) is 0 Å². The number of aromatic nitrogens is 2. The number of halogens is 1. The molecule has 0 bridgehead atoms. The number of anilines is 2. The molecular weight excluding hydrogens is 299 g/mol. The minimum atomic E-state index is -0.537. The average molecular weight is 324 g/mol. The summed E-state index contributed by atoms with van der Waals surface area (Å²) in [7, 11) is 0. The lowest BCUT2D eigenvalue weighted by atomic mass is 10.4. The molecule has 2 aromatic rings. The topological polar surface area (TPSA) is 107 Å². The fourth-order valence-electron chi connectivity index (χ4n) is 1.14. The number of aliphatic hydroxyl groups excluding tert-OH is 1. The van der Waals surface area contributed by atoms with Crippen LogP contribution in [0.25, 0.3) is 0 Å². The summed E-state index contributed by atoms with van der Waals surface area (Å²) >= 11 is 0. The van der Waals surface area contributed by atoms with E-state index in [1.54, 1.807) is 12.1 Å². The second-order valence-corrected chi connectivity index (χ2v) is 4.36. The minimum Gasteiger partial charge on any atom is -0.478 e. The molecule has 0 aromatic carbocycles. The normalized spacial score (nSPS) is 9.04. The molecule has 5 N–H and O–H groups in total. The lowest BCUT2D eigenvalue weighted by Gasteiger charge is -2.02. The van der Waals surface area contributed by atoms with Gasteiger partial charge >= 0.3 is 0 Å². The summed E-state index contributed by atoms with van der Waals surface area (Å²) in [4.78, 5) is 7.25. The minimum absolute atomic E-state index is 0.213. The molecule has 7 heteroatoms. The number of nitrogens with two attached hydrogens (primary N) is 2. The predicted octanol–water partition coefficient (Wildman–Crippen LogP) is 2.64. The van der Waals surface area contributed by atoms with E-state index in [1.807, 2.05) is 19.9 Å². The van der Waals surface area contributed by atoms with Gasteiger partial charge < -0.3 is 21.3 Å². The second kappa shape index (κ2) is 13.3. The van der Waals surface area contributed by atoms with Crippen molar-refractivity contribution in [1.82, 2.24) is 9.97 Å². The van der Waals surface area contributed by atoms with E-state index in [4.69, 9.17) is 21.3 Å². The molecule has 0 fully saturated rings. The van der Waals surface area contributed by atoms with Gasteiger partial charge in [0.2, 0.25) is 11.8 Å². The highest BCUT2D eigenvalue weighted by molar-refractivity contribution is 5.31. The van der Waals surface area contributed by atoms with E-state index in [9.17, 15) is 4.39 Å². The number of aliphatic hydroxyl groups is 1. The third kappa shape index (κ3) is 11.9. The Bertz CT molecular complexity index is 522. The van der Waals surface area contributed by atoms with Gasteiger partial charge in [-0.1, -0.05) is 26.0 Å². The monoisotopic (exact) mass is 324 g/mol. The van der Waals surface area contributed by atoms with Gasteiger partial charge in [-0.3, -0.25) is 0 Å². The van der Waals surface area contributed by atoms with Crippen LogP contribution in [0.3, 0.4) is 0 Å². The highest BCUT2D eigenvalue weighted by Gasteiger charge is 1.92. The Morgan fingerprint density at radius 1 is 1.00 bits per heavy atom. The molecule has 0 saturated heterocycles. The van der Waals surface area contributed by atoms with Gasteiger partial charge in [0.1, 0.15) is 11.6 Å². The van der Waals surface area contributed by atoms with Gasteiger partial charge in [0.25, 0.3) is 0 Å². The van der Waals surface area contributed by atoms with E-state index in [-0.39, 0.29) is 5.82 Å². The maximum Gasteiger partial charge on any atom is 0.215 e. The zero-order valence-electron chi connectivity index (χ0n) is 13.6. The molecule has 23 heavy (non-hydrogen) atoms. The van der Waals surface area contributed by atoms with Crippen molar-refractivity contribution < 1.29 is 14.2 Å². The number of rotatable bonds is 4. The summed E-state index contributed by atoms with van der Waals surface area (Å²) in [5, 5.41) is 7.88. The summed E-state index contributed by atoms with van der Waals surface area (Å²) in [6, 6.07) is 9.65. The van der Waals surface area contributed by atoms with Crippen LogP contribution in [0.5, 0.6) is 5.88 Å². The molecule has 0 atom stereocenters. The Labute approximate surface area is 136 Å². The van der Waals surface area contributed by atoms with Crippen LogP contribution in [0.2, 0.25) is 0 Å². The molecule has 0 aliphatic heterocycles. The van der Waals surface area contributed by atoms with E-state index in [1.165, 1.54) is 18.2 Å². The van der Waals surface area contributed by atoms with Crippen LogP contribution in [0.15, 0.2) is 36.4 Å². The molecule has 0 spiro atoms. The van der Waals surface area contributed by atoms with Gasteiger partial charge in [0, 0.05) is 12.7 Å². The fraction of sp³-hybridized carbons (Fsp3) is 0.375. The first-order chi connectivity index (χ1) is 11.0. The summed E-state index contributed by atoms with van der Waals surface area (Å²) in [6.07, 6.45) is 1.86. The Balaban J connectivity index is 0.000000354. The Kier molecular flexibility index (Phi) is 11.9. The second-order valence-electron chi connectivity index (χ2n) is 4.36. The van der Waals surface area contributed by atoms with Gasteiger partial charge in [0.15, 0.2) is 0 Å². The largest absolute Gasteiger partial charge is 0.478 e. The summed E-state index contributed by atoms with van der Waals surface area (Å²) < 4.78 is 17.2. The van der Waals surface area contributed by atoms with Gasteiger partial charge in [0.05, 0.1) is 6.61 Å². The SMILES string of the molecule is CCCO.CCCOc1cccc(N)n1.Nc1cccc(F)n1. The van der Waals surface area contributed by atoms with Gasteiger partial charge in [-0.05, 0) is 31.0 Å². The van der Waals surface area contributed by atoms with Crippen LogP contribution in [-0.2, 0) is 0 Å². The molecular formula is C16H25FN4O2. The molecule has 128 valence electrons. The summed E-state index contributed by atoms with van der Waals surface area (Å²) in [6.45, 7) is 4.99. The molecule has 2 aromatic heterocycles. The number of nitrogens with zero attached hydrogens (tertiary/aromatic N) is 2. The molecule has 0 unspecified atom stereocenters. The van der Waals surface area contributed by atoms with Crippen LogP contribution in [0, 0.1) is 5.95 Å². The van der Waals surface area contributed by atoms with E-state index >= 15 is 0 Å². The first-order valence-electron chi connectivity index (χ1n) is 7.37. The van der Waals surface area contributed by atoms with Crippen molar-refractivity contribution >= 4 is 11.6 Å². The molecule has 0 saturated carbocycles. The number of hydrogen-bond acceptors (Lipinski definition) is 6. The Hall–Kier alpha value is -2.41. The molecule has 0 amide bonds. The van der Waals surface area contributed by atoms with Crippen LogP contribution in [0.4, 0.5) is 16.0 Å². The maximum absolute atomic E-state index is 12.0. The zero-order valence-corrected chi connectivity index (χ0v) is 13.6. The third-order valence-electron chi connectivity index (χ3n) is 2.16. The molecule has 0 aliphatic rings. The lowest BCUT2D eigenvalue weighted by Crippen LogP contribution is -1.98. The van der Waals surface area contributed by atoms with E-state index < -0.39 is 5.95 Å². The van der Waals surface area contributed by atoms with Crippen molar-refractivity contribution in [2.24, 2.45) is 0 Å². The molecule has 0 aliphatic carbocycles. The van der Waals surface area contributed by atoms with E-state index in [0.29, 0.717) is 24.9 Å². The van der Waals surface area contributed by atoms with Gasteiger partial charge in [-0.25, -0.2) is 4.98 Å². The zero-order chi connectivity index (χ0) is 17.5. The number of ether oxygens (including phenoxy) is 1. The smallest absolute Gasteiger partial charge is 0.215 e. The molecule has 6 nitrogen and oxygen atoms in total. The number of pyridine rings is 2. The van der Waals surface area contributed by atoms with Gasteiger partial charge in [-0.15, -0.1) is 0 Å². The first-order valence-corrected chi connectivity index (χ1v) is 7.37. The molecule has 2 rings (SSSR count). The third-order valence-corrected chi connectivity index (χ3v) is 2.16. The predicted molar refractivity (Wildman–Crippen MR) is 90.4 cm³/mol. The fourth-order valence-corrected chi connectivity index (χ4v) is 1.14. The highest BCUT2D eigenvalue weighted by Crippen LogP contribution is 2.08. The van der Waals surface area contributed by atoms with Gasteiger partial charge in [-0.2, -0.15) is 9.37 Å². The summed E-state index contributed by atoms with van der Waals surface area (Å²) in [5.74, 6) is 0.778. The highest BCUT2D eigenvalue weighted by atomic mass is 19.1. The standard InChI is InChI=1S/C8H12N2O.C5H5FN2.C3H8O/c1-2-6-11-8-5-3-4-7(9)10-8;6-4-2-1-3-5(7)8-4;1-2-3-4/h3-5H,2,6H2,1H3,(H2,9,10);1-3H,(H2,7,8);4H,2-3H2,1H3. The van der Waals surface area contributed by atoms with E-state index in [0.717, 1.165) is 12.8 Å². The maximum atomic E-state index is 12.0. The van der Waals surface area contributed by atoms with Crippen LogP contribution < -0.4 is 16.2 Å². The van der Waals surface area contributed by atoms with Crippen molar-refractivity contribution in [3.63, 3.8) is 0 Å². The Morgan fingerprint density at radius 3 is 1.96 bits per heavy atom. The van der Waals surface area contributed by atoms with Crippen molar-refractivity contribution in [2.75, 3.05) is 24.7 Å². The van der Waals surface area contributed by atoms with Crippen molar-refractivity contribution in [2.45, 2.75) is 26.7 Å². The average Bonchev–Trinajstić information content (AvgIpc) is 2.53. The molecule has 2 heterocycles. The van der Waals surface area contributed by atoms with E-state index in [2.05, 4.69) is 9.97 Å². The number of nitrogen functional groups attached to an aromatic ring is 2. The van der Waals surface area contributed by atoms with Crippen LogP contribution in [0.1, 0.15) is 26.7 Å². The summed E-state index contributed by atoms with van der Waals surface area (Å²) in [5.41, 5.74) is 10.5. The van der Waals surface area contributed by atoms with Crippen LogP contribution >= 0.6 is 0 Å². The Morgan fingerprint density at radius 2 is 1.57 bits per heavy atom. The lowest BCUT2D eigenvalue weighted by molar-refractivity contribution is 0.295.